The van der Waals surface area contributed by atoms with Gasteiger partial charge in [-0.3, -0.25) is 0 Å². The molecule has 0 spiro atoms. The summed E-state index contributed by atoms with van der Waals surface area (Å²) in [6, 6.07) is 7.90. The lowest BCUT2D eigenvalue weighted by Crippen LogP contribution is -1.90. The van der Waals surface area contributed by atoms with Crippen LogP contribution in [-0.4, -0.2) is 13.7 Å². The molecule has 0 amide bonds. The molecule has 0 saturated heterocycles. The predicted molar refractivity (Wildman–Crippen MR) is 76.6 cm³/mol. The third kappa shape index (κ3) is 4.50. The Kier molecular flexibility index (Phi) is 5.78. The zero-order valence-corrected chi connectivity index (χ0v) is 11.3. The van der Waals surface area contributed by atoms with E-state index < -0.39 is 0 Å². The van der Waals surface area contributed by atoms with Gasteiger partial charge in [0.1, 0.15) is 11.5 Å². The summed E-state index contributed by atoms with van der Waals surface area (Å²) >= 11 is 0. The summed E-state index contributed by atoms with van der Waals surface area (Å²) in [4.78, 5) is 0. The molecule has 0 heterocycles. The van der Waals surface area contributed by atoms with E-state index in [1.54, 1.807) is 7.11 Å². The van der Waals surface area contributed by atoms with E-state index in [2.05, 4.69) is 6.58 Å². The highest BCUT2D eigenvalue weighted by Gasteiger charge is 1.94. The monoisotopic (exact) mass is 244 g/mol. The molecule has 0 aliphatic rings. The Morgan fingerprint density at radius 2 is 1.94 bits per heavy atom. The van der Waals surface area contributed by atoms with E-state index in [0.717, 1.165) is 22.6 Å². The molecule has 2 heteroatoms. The first-order chi connectivity index (χ1) is 8.67. The highest BCUT2D eigenvalue weighted by Crippen LogP contribution is 2.13. The zero-order chi connectivity index (χ0) is 13.4. The largest absolute Gasteiger partial charge is 0.497 e. The number of rotatable bonds is 6. The Balaban J connectivity index is 2.63. The van der Waals surface area contributed by atoms with Crippen molar-refractivity contribution < 1.29 is 9.47 Å². The number of allylic oxidation sites excluding steroid dienone is 3. The normalized spacial score (nSPS) is 11.6. The van der Waals surface area contributed by atoms with Gasteiger partial charge in [-0.2, -0.15) is 0 Å². The van der Waals surface area contributed by atoms with Crippen molar-refractivity contribution in [2.45, 2.75) is 13.8 Å². The summed E-state index contributed by atoms with van der Waals surface area (Å²) in [6.45, 7) is 8.43. The van der Waals surface area contributed by atoms with Crippen LogP contribution >= 0.6 is 0 Å². The average molecular weight is 244 g/mol. The molecule has 0 atom stereocenters. The van der Waals surface area contributed by atoms with Crippen LogP contribution in [0.1, 0.15) is 19.4 Å². The van der Waals surface area contributed by atoms with E-state index in [9.17, 15) is 0 Å². The van der Waals surface area contributed by atoms with Gasteiger partial charge in [-0.25, -0.2) is 0 Å². The van der Waals surface area contributed by atoms with Gasteiger partial charge in [0, 0.05) is 0 Å². The van der Waals surface area contributed by atoms with Crippen LogP contribution in [0.15, 0.2) is 54.3 Å². The molecule has 0 aliphatic carbocycles. The van der Waals surface area contributed by atoms with Crippen molar-refractivity contribution >= 4 is 6.08 Å². The average Bonchev–Trinajstić information content (AvgIpc) is 2.39. The van der Waals surface area contributed by atoms with Gasteiger partial charge in [-0.15, -0.1) is 0 Å². The van der Waals surface area contributed by atoms with E-state index in [4.69, 9.17) is 9.47 Å². The maximum Gasteiger partial charge on any atom is 0.118 e. The highest BCUT2D eigenvalue weighted by molar-refractivity contribution is 5.52. The fourth-order valence-electron chi connectivity index (χ4n) is 1.40. The Bertz CT molecular complexity index is 439. The predicted octanol–water partition coefficient (Wildman–Crippen LogP) is 4.20. The van der Waals surface area contributed by atoms with Crippen LogP contribution in [-0.2, 0) is 4.74 Å². The van der Waals surface area contributed by atoms with Crippen LogP contribution in [0.3, 0.4) is 0 Å². The minimum absolute atomic E-state index is 0.645. The van der Waals surface area contributed by atoms with E-state index in [0.29, 0.717) is 6.61 Å². The summed E-state index contributed by atoms with van der Waals surface area (Å²) in [5.74, 6) is 1.58. The van der Waals surface area contributed by atoms with Crippen molar-refractivity contribution in [3.05, 3.63) is 59.9 Å². The third-order valence-corrected chi connectivity index (χ3v) is 2.51. The molecule has 0 fully saturated rings. The standard InChI is InChI=1S/C16H20O2/c1-5-18-14(3)13(2)7-6-8-15-9-11-16(17-4)12-10-15/h6-12H,3,5H2,1-2,4H3/b8-6+,13-7+. The topological polar surface area (TPSA) is 18.5 Å². The maximum absolute atomic E-state index is 5.32. The summed E-state index contributed by atoms with van der Waals surface area (Å²) in [7, 11) is 1.66. The van der Waals surface area contributed by atoms with E-state index in [-0.39, 0.29) is 0 Å². The van der Waals surface area contributed by atoms with Crippen LogP contribution in [0.5, 0.6) is 5.75 Å². The molecule has 2 nitrogen and oxygen atoms in total. The van der Waals surface area contributed by atoms with Gasteiger partial charge in [0.15, 0.2) is 0 Å². The van der Waals surface area contributed by atoms with Crippen molar-refractivity contribution in [2.75, 3.05) is 13.7 Å². The van der Waals surface area contributed by atoms with Gasteiger partial charge < -0.3 is 9.47 Å². The van der Waals surface area contributed by atoms with Gasteiger partial charge >= 0.3 is 0 Å². The lowest BCUT2D eigenvalue weighted by atomic mass is 10.2. The first-order valence-electron chi connectivity index (χ1n) is 5.98. The second-order valence-electron chi connectivity index (χ2n) is 3.84. The number of benzene rings is 1. The lowest BCUT2D eigenvalue weighted by molar-refractivity contribution is 0.239. The molecular formula is C16H20O2. The van der Waals surface area contributed by atoms with E-state index >= 15 is 0 Å². The first kappa shape index (κ1) is 14.1. The minimum Gasteiger partial charge on any atom is -0.497 e. The van der Waals surface area contributed by atoms with Gasteiger partial charge in [-0.1, -0.05) is 36.9 Å². The Labute approximate surface area is 109 Å². The molecule has 0 saturated carbocycles. The number of hydrogen-bond acceptors (Lipinski definition) is 2. The van der Waals surface area contributed by atoms with Crippen molar-refractivity contribution in [3.63, 3.8) is 0 Å². The molecule has 0 aliphatic heterocycles. The number of ether oxygens (including phenoxy) is 2. The molecule has 0 radical (unpaired) electrons. The minimum atomic E-state index is 0.645. The maximum atomic E-state index is 5.32. The summed E-state index contributed by atoms with van der Waals surface area (Å²) in [5, 5.41) is 0. The second-order valence-corrected chi connectivity index (χ2v) is 3.84. The van der Waals surface area contributed by atoms with Gasteiger partial charge in [-0.05, 0) is 37.1 Å². The third-order valence-electron chi connectivity index (χ3n) is 2.51. The number of methoxy groups -OCH3 is 1. The quantitative estimate of drug-likeness (QED) is 0.551. The molecule has 0 aromatic heterocycles. The molecule has 18 heavy (non-hydrogen) atoms. The van der Waals surface area contributed by atoms with Crippen LogP contribution in [0.25, 0.3) is 6.08 Å². The fraction of sp³-hybridized carbons (Fsp3) is 0.250. The molecule has 96 valence electrons. The number of hydrogen-bond donors (Lipinski definition) is 0. The molecule has 0 bridgehead atoms. The molecule has 1 rings (SSSR count). The summed E-state index contributed by atoms with van der Waals surface area (Å²) < 4.78 is 10.4. The summed E-state index contributed by atoms with van der Waals surface area (Å²) in [6.07, 6.45) is 6.01. The molecular weight excluding hydrogens is 224 g/mol. The van der Waals surface area contributed by atoms with Gasteiger partial charge in [0.05, 0.1) is 13.7 Å². The van der Waals surface area contributed by atoms with Crippen LogP contribution < -0.4 is 4.74 Å². The van der Waals surface area contributed by atoms with Crippen molar-refractivity contribution in [2.24, 2.45) is 0 Å². The molecule has 0 unspecified atom stereocenters. The van der Waals surface area contributed by atoms with Crippen LogP contribution in [0, 0.1) is 0 Å². The van der Waals surface area contributed by atoms with Gasteiger partial charge in [0.2, 0.25) is 0 Å². The van der Waals surface area contributed by atoms with Crippen molar-refractivity contribution in [3.8, 4) is 5.75 Å². The Morgan fingerprint density at radius 1 is 1.28 bits per heavy atom. The van der Waals surface area contributed by atoms with Crippen LogP contribution in [0.4, 0.5) is 0 Å². The second kappa shape index (κ2) is 7.38. The Hall–Kier alpha value is -1.96. The smallest absolute Gasteiger partial charge is 0.118 e. The fourth-order valence-corrected chi connectivity index (χ4v) is 1.40. The van der Waals surface area contributed by atoms with Crippen LogP contribution in [0.2, 0.25) is 0 Å². The lowest BCUT2D eigenvalue weighted by Gasteiger charge is -2.05. The van der Waals surface area contributed by atoms with Crippen molar-refractivity contribution in [1.29, 1.82) is 0 Å². The molecule has 1 aromatic carbocycles. The van der Waals surface area contributed by atoms with E-state index in [1.165, 1.54) is 0 Å². The van der Waals surface area contributed by atoms with E-state index in [1.807, 2.05) is 56.3 Å². The molecule has 0 N–H and O–H groups in total. The van der Waals surface area contributed by atoms with Gasteiger partial charge in [0.25, 0.3) is 0 Å². The first-order valence-corrected chi connectivity index (χ1v) is 5.98. The molecule has 1 aromatic rings. The Morgan fingerprint density at radius 3 is 2.50 bits per heavy atom. The zero-order valence-electron chi connectivity index (χ0n) is 11.3. The van der Waals surface area contributed by atoms with Crippen molar-refractivity contribution in [1.82, 2.24) is 0 Å². The SMILES string of the molecule is C=C(OCC)/C(C)=C/C=C/c1ccc(OC)cc1. The highest BCUT2D eigenvalue weighted by atomic mass is 16.5. The summed E-state index contributed by atoms with van der Waals surface area (Å²) in [5.41, 5.74) is 2.16.